The van der Waals surface area contributed by atoms with Gasteiger partial charge in [-0.15, -0.1) is 11.8 Å². The fraction of sp³-hybridized carbons (Fsp3) is 0.214. The summed E-state index contributed by atoms with van der Waals surface area (Å²) < 4.78 is 4.88. The van der Waals surface area contributed by atoms with E-state index in [9.17, 15) is 9.59 Å². The van der Waals surface area contributed by atoms with E-state index in [-0.39, 0.29) is 21.9 Å². The van der Waals surface area contributed by atoms with E-state index < -0.39 is 18.4 Å². The lowest BCUT2D eigenvalue weighted by molar-refractivity contribution is -0.118. The third-order valence-electron chi connectivity index (χ3n) is 2.51. The number of hydrogen-bond donors (Lipinski definition) is 1. The first-order valence-electron chi connectivity index (χ1n) is 5.81. The maximum absolute atomic E-state index is 11.9. The molecule has 2 N–H and O–H groups in total. The van der Waals surface area contributed by atoms with Gasteiger partial charge in [0.1, 0.15) is 11.6 Å². The molecule has 5 nitrogen and oxygen atoms in total. The molecule has 0 aromatic heterocycles. The summed E-state index contributed by atoms with van der Waals surface area (Å²) in [4.78, 5) is 24.4. The Balaban J connectivity index is 2.82. The number of rotatable bonds is 5. The third-order valence-corrected chi connectivity index (χ3v) is 3.57. The molecule has 0 aliphatic rings. The van der Waals surface area contributed by atoms with Crippen LogP contribution in [0.3, 0.4) is 0 Å². The molecule has 0 heterocycles. The van der Waals surface area contributed by atoms with Gasteiger partial charge in [0.2, 0.25) is 5.78 Å². The number of esters is 1. The zero-order chi connectivity index (χ0) is 16.0. The zero-order valence-corrected chi connectivity index (χ0v) is 13.0. The molecule has 1 aromatic carbocycles. The fourth-order valence-corrected chi connectivity index (χ4v) is 2.07. The van der Waals surface area contributed by atoms with E-state index in [2.05, 4.69) is 0 Å². The highest BCUT2D eigenvalue weighted by atomic mass is 35.5. The van der Waals surface area contributed by atoms with E-state index in [1.54, 1.807) is 24.3 Å². The van der Waals surface area contributed by atoms with Crippen LogP contribution in [0.25, 0.3) is 0 Å². The Morgan fingerprint density at radius 2 is 2.14 bits per heavy atom. The first kappa shape index (κ1) is 17.1. The summed E-state index contributed by atoms with van der Waals surface area (Å²) >= 11 is 7.37. The molecule has 0 unspecified atom stereocenters. The number of ketones is 1. The highest BCUT2D eigenvalue weighted by Gasteiger charge is 2.17. The molecular weight excluding hydrogens is 312 g/mol. The second-order valence-electron chi connectivity index (χ2n) is 4.01. The van der Waals surface area contributed by atoms with Crippen molar-refractivity contribution in [1.29, 1.82) is 5.26 Å². The molecule has 110 valence electrons. The molecule has 0 radical (unpaired) electrons. The van der Waals surface area contributed by atoms with Crippen molar-refractivity contribution in [1.82, 2.24) is 0 Å². The average molecular weight is 325 g/mol. The van der Waals surface area contributed by atoms with Crippen molar-refractivity contribution in [3.63, 3.8) is 0 Å². The number of halogens is 1. The Morgan fingerprint density at radius 3 is 2.67 bits per heavy atom. The first-order valence-corrected chi connectivity index (χ1v) is 7.41. The molecule has 0 aliphatic heterocycles. The van der Waals surface area contributed by atoms with Gasteiger partial charge in [0.25, 0.3) is 0 Å². The van der Waals surface area contributed by atoms with Gasteiger partial charge in [0.15, 0.2) is 6.61 Å². The number of nitrogens with zero attached hydrogens (tertiary/aromatic N) is 1. The summed E-state index contributed by atoms with van der Waals surface area (Å²) in [6.45, 7) is 0.868. The lowest BCUT2D eigenvalue weighted by atomic mass is 10.1. The molecule has 1 aromatic rings. The molecular formula is C14H13ClN2O3S. The van der Waals surface area contributed by atoms with Crippen LogP contribution in [-0.4, -0.2) is 24.6 Å². The van der Waals surface area contributed by atoms with Gasteiger partial charge in [0.05, 0.1) is 10.6 Å². The molecule has 0 saturated heterocycles. The van der Waals surface area contributed by atoms with Crippen molar-refractivity contribution in [3.8, 4) is 6.07 Å². The van der Waals surface area contributed by atoms with E-state index in [1.807, 2.05) is 6.26 Å². The van der Waals surface area contributed by atoms with Crippen molar-refractivity contribution < 1.29 is 14.3 Å². The second kappa shape index (κ2) is 7.72. The Bertz CT molecular complexity index is 646. The van der Waals surface area contributed by atoms with Crippen LogP contribution in [0.1, 0.15) is 17.3 Å². The van der Waals surface area contributed by atoms with Crippen LogP contribution in [-0.2, 0) is 9.53 Å². The van der Waals surface area contributed by atoms with Gasteiger partial charge in [-0.1, -0.05) is 11.6 Å². The number of nitriles is 1. The Labute approximate surface area is 131 Å². The van der Waals surface area contributed by atoms with E-state index in [4.69, 9.17) is 27.3 Å². The quantitative estimate of drug-likeness (QED) is 0.387. The predicted octanol–water partition coefficient (Wildman–Crippen LogP) is 2.54. The normalized spacial score (nSPS) is 11.3. The van der Waals surface area contributed by atoms with Crippen LogP contribution >= 0.6 is 23.4 Å². The van der Waals surface area contributed by atoms with E-state index >= 15 is 0 Å². The highest BCUT2D eigenvalue weighted by Crippen LogP contribution is 2.23. The van der Waals surface area contributed by atoms with Crippen LogP contribution < -0.4 is 5.73 Å². The van der Waals surface area contributed by atoms with Gasteiger partial charge in [-0.3, -0.25) is 4.79 Å². The molecule has 21 heavy (non-hydrogen) atoms. The largest absolute Gasteiger partial charge is 0.454 e. The molecule has 7 heteroatoms. The predicted molar refractivity (Wildman–Crippen MR) is 81.0 cm³/mol. The molecule has 0 fully saturated rings. The summed E-state index contributed by atoms with van der Waals surface area (Å²) in [5.41, 5.74) is 5.44. The van der Waals surface area contributed by atoms with Crippen molar-refractivity contribution in [2.75, 3.05) is 12.9 Å². The number of hydrogen-bond acceptors (Lipinski definition) is 6. The maximum Gasteiger partial charge on any atom is 0.340 e. The number of ether oxygens (including phenoxy) is 1. The van der Waals surface area contributed by atoms with Crippen LogP contribution in [0, 0.1) is 11.3 Å². The average Bonchev–Trinajstić information content (AvgIpc) is 2.45. The van der Waals surface area contributed by atoms with Gasteiger partial charge in [0, 0.05) is 10.6 Å². The lowest BCUT2D eigenvalue weighted by Crippen LogP contribution is -2.17. The summed E-state index contributed by atoms with van der Waals surface area (Å²) in [5, 5.41) is 9.02. The van der Waals surface area contributed by atoms with Crippen LogP contribution in [0.5, 0.6) is 0 Å². The monoisotopic (exact) mass is 324 g/mol. The number of benzene rings is 1. The Hall–Kier alpha value is -1.97. The van der Waals surface area contributed by atoms with Gasteiger partial charge in [-0.05, 0) is 31.4 Å². The van der Waals surface area contributed by atoms with Crippen LogP contribution in [0.2, 0.25) is 5.02 Å². The topological polar surface area (TPSA) is 93.2 Å². The molecule has 0 amide bonds. The molecule has 0 saturated carbocycles. The SMILES string of the molecule is CSc1ccc(Cl)c(C(=O)OCC(=O)/C(C#N)=C(/C)N)c1. The minimum absolute atomic E-state index is 0.0842. The number of allylic oxidation sites excluding steroid dienone is 1. The molecule has 0 aliphatic carbocycles. The highest BCUT2D eigenvalue weighted by molar-refractivity contribution is 7.98. The first-order chi connectivity index (χ1) is 9.90. The van der Waals surface area contributed by atoms with Crippen molar-refractivity contribution in [2.45, 2.75) is 11.8 Å². The van der Waals surface area contributed by atoms with E-state index in [0.717, 1.165) is 4.90 Å². The van der Waals surface area contributed by atoms with E-state index in [1.165, 1.54) is 18.7 Å². The molecule has 0 bridgehead atoms. The standard InChI is InChI=1S/C14H13ClN2O3S/c1-8(17)11(6-16)13(18)7-20-14(19)10-5-9(21-2)3-4-12(10)15/h3-5H,7,17H2,1-2H3/b11-8-. The number of carbonyl (C=O) groups is 2. The number of nitrogens with two attached hydrogens (primary N) is 1. The lowest BCUT2D eigenvalue weighted by Gasteiger charge is -2.07. The summed E-state index contributed by atoms with van der Waals surface area (Å²) in [6, 6.07) is 6.60. The molecule has 0 atom stereocenters. The number of Topliss-reactive ketones (excluding diaryl/α,β-unsaturated/α-hetero) is 1. The van der Waals surface area contributed by atoms with Gasteiger partial charge in [-0.2, -0.15) is 5.26 Å². The maximum atomic E-state index is 11.9. The Kier molecular flexibility index (Phi) is 6.28. The smallest absolute Gasteiger partial charge is 0.340 e. The fourth-order valence-electron chi connectivity index (χ4n) is 1.44. The van der Waals surface area contributed by atoms with E-state index in [0.29, 0.717) is 0 Å². The van der Waals surface area contributed by atoms with Crippen LogP contribution in [0.4, 0.5) is 0 Å². The van der Waals surface area contributed by atoms with Gasteiger partial charge >= 0.3 is 5.97 Å². The summed E-state index contributed by atoms with van der Waals surface area (Å²) in [5.74, 6) is -1.38. The van der Waals surface area contributed by atoms with Crippen molar-refractivity contribution in [2.24, 2.45) is 5.73 Å². The number of thioether (sulfide) groups is 1. The van der Waals surface area contributed by atoms with Gasteiger partial charge < -0.3 is 10.5 Å². The molecule has 1 rings (SSSR count). The minimum Gasteiger partial charge on any atom is -0.454 e. The van der Waals surface area contributed by atoms with Crippen LogP contribution in [0.15, 0.2) is 34.4 Å². The third kappa shape index (κ3) is 4.52. The minimum atomic E-state index is -0.726. The van der Waals surface area contributed by atoms with Crippen molar-refractivity contribution in [3.05, 3.63) is 40.1 Å². The van der Waals surface area contributed by atoms with Gasteiger partial charge in [-0.25, -0.2) is 4.79 Å². The Morgan fingerprint density at radius 1 is 1.48 bits per heavy atom. The summed E-state index contributed by atoms with van der Waals surface area (Å²) in [7, 11) is 0. The van der Waals surface area contributed by atoms with Crippen molar-refractivity contribution >= 4 is 35.1 Å². The number of carbonyl (C=O) groups excluding carboxylic acids is 2. The second-order valence-corrected chi connectivity index (χ2v) is 5.30. The zero-order valence-electron chi connectivity index (χ0n) is 11.5. The molecule has 0 spiro atoms. The summed E-state index contributed by atoms with van der Waals surface area (Å²) in [6.07, 6.45) is 1.86.